The summed E-state index contributed by atoms with van der Waals surface area (Å²) >= 11 is 3.38. The third kappa shape index (κ3) is 3.77. The van der Waals surface area contributed by atoms with Gasteiger partial charge in [-0.15, -0.1) is 22.7 Å². The lowest BCUT2D eigenvalue weighted by Crippen LogP contribution is -2.34. The van der Waals surface area contributed by atoms with Crippen LogP contribution >= 0.6 is 22.7 Å². The molecule has 7 heteroatoms. The van der Waals surface area contributed by atoms with Crippen LogP contribution in [-0.2, 0) is 16.0 Å². The van der Waals surface area contributed by atoms with E-state index in [-0.39, 0.29) is 17.7 Å². The summed E-state index contributed by atoms with van der Waals surface area (Å²) in [5.41, 5.74) is 1.03. The second-order valence-corrected chi connectivity index (χ2v) is 8.97. The molecule has 2 aliphatic rings. The molecule has 1 N–H and O–H groups in total. The summed E-state index contributed by atoms with van der Waals surface area (Å²) in [5.74, 6) is -0.0162. The first kappa shape index (κ1) is 16.7. The van der Waals surface area contributed by atoms with Crippen LogP contribution in [0.2, 0.25) is 0 Å². The van der Waals surface area contributed by atoms with E-state index >= 15 is 0 Å². The Bertz CT molecular complexity index is 794. The maximum Gasteiger partial charge on any atom is 0.225 e. The van der Waals surface area contributed by atoms with Crippen LogP contribution in [-0.4, -0.2) is 40.8 Å². The standard InChI is InChI=1S/C18H21N3O2S2/c1-11-20-15(10-24-11)16-5-4-14(25-16)6-7-19-18(23)12-8-17(22)21(9-12)13-2-3-13/h4-5,10,12-13H,2-3,6-9H2,1H3,(H,19,23)/t12-/m0/s1. The van der Waals surface area contributed by atoms with Gasteiger partial charge in [-0.3, -0.25) is 9.59 Å². The van der Waals surface area contributed by atoms with Gasteiger partial charge in [0.1, 0.15) is 0 Å². The van der Waals surface area contributed by atoms with E-state index in [1.54, 1.807) is 22.7 Å². The Hall–Kier alpha value is -1.73. The van der Waals surface area contributed by atoms with Crippen LogP contribution in [0.4, 0.5) is 0 Å². The predicted molar refractivity (Wildman–Crippen MR) is 99.7 cm³/mol. The van der Waals surface area contributed by atoms with Gasteiger partial charge in [0, 0.05) is 35.8 Å². The molecule has 1 saturated carbocycles. The highest BCUT2D eigenvalue weighted by Gasteiger charge is 2.41. The lowest BCUT2D eigenvalue weighted by atomic mass is 10.1. The Balaban J connectivity index is 1.26. The Morgan fingerprint density at radius 2 is 2.24 bits per heavy atom. The Morgan fingerprint density at radius 3 is 2.96 bits per heavy atom. The SMILES string of the molecule is Cc1nc(-c2ccc(CCNC(=O)[C@H]3CC(=O)N(C4CC4)C3)s2)cs1. The maximum absolute atomic E-state index is 12.3. The number of nitrogens with zero attached hydrogens (tertiary/aromatic N) is 2. The van der Waals surface area contributed by atoms with Crippen LogP contribution in [0, 0.1) is 12.8 Å². The number of aromatic nitrogens is 1. The number of carbonyl (C=O) groups excluding carboxylic acids is 2. The number of thiazole rings is 1. The van der Waals surface area contributed by atoms with E-state index in [1.807, 2.05) is 11.8 Å². The molecule has 2 fully saturated rings. The number of hydrogen-bond acceptors (Lipinski definition) is 5. The lowest BCUT2D eigenvalue weighted by molar-refractivity contribution is -0.129. The van der Waals surface area contributed by atoms with E-state index in [2.05, 4.69) is 27.8 Å². The Kier molecular flexibility index (Phi) is 4.60. The topological polar surface area (TPSA) is 62.3 Å². The summed E-state index contributed by atoms with van der Waals surface area (Å²) in [5, 5.41) is 6.15. The van der Waals surface area contributed by atoms with E-state index in [0.29, 0.717) is 25.6 Å². The molecule has 0 spiro atoms. The van der Waals surface area contributed by atoms with Crippen molar-refractivity contribution >= 4 is 34.5 Å². The third-order valence-corrected chi connectivity index (χ3v) is 6.66. The van der Waals surface area contributed by atoms with Crippen molar-refractivity contribution < 1.29 is 9.59 Å². The van der Waals surface area contributed by atoms with Gasteiger partial charge in [-0.25, -0.2) is 4.98 Å². The summed E-state index contributed by atoms with van der Waals surface area (Å²) in [6, 6.07) is 4.61. The molecule has 0 aromatic carbocycles. The molecule has 0 bridgehead atoms. The van der Waals surface area contributed by atoms with E-state index in [1.165, 1.54) is 9.75 Å². The largest absolute Gasteiger partial charge is 0.355 e. The smallest absolute Gasteiger partial charge is 0.225 e. The zero-order chi connectivity index (χ0) is 17.4. The molecule has 1 aliphatic heterocycles. The molecule has 2 aromatic rings. The van der Waals surface area contributed by atoms with Gasteiger partial charge in [0.25, 0.3) is 0 Å². The summed E-state index contributed by atoms with van der Waals surface area (Å²) in [6.45, 7) is 3.22. The van der Waals surface area contributed by atoms with Gasteiger partial charge in [-0.1, -0.05) is 0 Å². The molecule has 5 nitrogen and oxygen atoms in total. The van der Waals surface area contributed by atoms with Gasteiger partial charge in [0.15, 0.2) is 0 Å². The lowest BCUT2D eigenvalue weighted by Gasteiger charge is -2.15. The zero-order valence-corrected chi connectivity index (χ0v) is 15.8. The molecular weight excluding hydrogens is 354 g/mol. The highest BCUT2D eigenvalue weighted by Crippen LogP contribution is 2.32. The van der Waals surface area contributed by atoms with Gasteiger partial charge in [0.2, 0.25) is 11.8 Å². The molecule has 25 heavy (non-hydrogen) atoms. The molecule has 3 heterocycles. The van der Waals surface area contributed by atoms with Crippen molar-refractivity contribution in [2.24, 2.45) is 5.92 Å². The molecule has 1 atom stereocenters. The number of likely N-dealkylation sites (tertiary alicyclic amines) is 1. The monoisotopic (exact) mass is 375 g/mol. The van der Waals surface area contributed by atoms with Crippen molar-refractivity contribution in [1.82, 2.24) is 15.2 Å². The fraction of sp³-hybridized carbons (Fsp3) is 0.500. The summed E-state index contributed by atoms with van der Waals surface area (Å²) < 4.78 is 0. The third-order valence-electron chi connectivity index (χ3n) is 4.72. The van der Waals surface area contributed by atoms with Crippen molar-refractivity contribution in [2.45, 2.75) is 38.6 Å². The minimum absolute atomic E-state index is 0.0170. The van der Waals surface area contributed by atoms with Crippen LogP contribution < -0.4 is 5.32 Å². The summed E-state index contributed by atoms with van der Waals surface area (Å²) in [6.07, 6.45) is 3.37. The highest BCUT2D eigenvalue weighted by atomic mass is 32.1. The van der Waals surface area contributed by atoms with Crippen LogP contribution in [0.15, 0.2) is 17.5 Å². The molecular formula is C18H21N3O2S2. The predicted octanol–water partition coefficient (Wildman–Crippen LogP) is 2.85. The molecule has 4 rings (SSSR count). The minimum atomic E-state index is -0.176. The van der Waals surface area contributed by atoms with Gasteiger partial charge in [-0.05, 0) is 38.3 Å². The van der Waals surface area contributed by atoms with Crippen LogP contribution in [0.5, 0.6) is 0 Å². The number of thiophene rings is 1. The quantitative estimate of drug-likeness (QED) is 0.844. The van der Waals surface area contributed by atoms with Crippen molar-refractivity contribution in [3.05, 3.63) is 27.4 Å². The normalized spacial score (nSPS) is 20.3. The highest BCUT2D eigenvalue weighted by molar-refractivity contribution is 7.16. The Morgan fingerprint density at radius 1 is 1.40 bits per heavy atom. The van der Waals surface area contributed by atoms with Gasteiger partial charge < -0.3 is 10.2 Å². The Labute approximate surface area is 155 Å². The molecule has 132 valence electrons. The van der Waals surface area contributed by atoms with Crippen LogP contribution in [0.3, 0.4) is 0 Å². The molecule has 0 unspecified atom stereocenters. The molecule has 2 amide bonds. The van der Waals surface area contributed by atoms with E-state index < -0.39 is 0 Å². The molecule has 0 radical (unpaired) electrons. The fourth-order valence-electron chi connectivity index (χ4n) is 3.23. The van der Waals surface area contributed by atoms with Crippen molar-refractivity contribution in [2.75, 3.05) is 13.1 Å². The number of nitrogens with one attached hydrogen (secondary N) is 1. The van der Waals surface area contributed by atoms with Gasteiger partial charge in [0.05, 0.1) is 21.5 Å². The molecule has 1 saturated heterocycles. The molecule has 1 aliphatic carbocycles. The number of aryl methyl sites for hydroxylation is 1. The fourth-order valence-corrected chi connectivity index (χ4v) is 4.88. The first-order valence-electron chi connectivity index (χ1n) is 8.68. The van der Waals surface area contributed by atoms with Crippen LogP contribution in [0.1, 0.15) is 29.1 Å². The van der Waals surface area contributed by atoms with Crippen molar-refractivity contribution in [3.63, 3.8) is 0 Å². The van der Waals surface area contributed by atoms with E-state index in [4.69, 9.17) is 0 Å². The van der Waals surface area contributed by atoms with E-state index in [0.717, 1.165) is 30.0 Å². The first-order valence-corrected chi connectivity index (χ1v) is 10.4. The van der Waals surface area contributed by atoms with Gasteiger partial charge in [-0.2, -0.15) is 0 Å². The number of rotatable bonds is 6. The first-order chi connectivity index (χ1) is 12.1. The van der Waals surface area contributed by atoms with Crippen molar-refractivity contribution in [1.29, 1.82) is 0 Å². The maximum atomic E-state index is 12.3. The summed E-state index contributed by atoms with van der Waals surface area (Å²) in [4.78, 5) is 33.1. The number of amides is 2. The van der Waals surface area contributed by atoms with Gasteiger partial charge >= 0.3 is 0 Å². The number of carbonyl (C=O) groups is 2. The zero-order valence-electron chi connectivity index (χ0n) is 14.2. The molecule has 2 aromatic heterocycles. The average molecular weight is 376 g/mol. The minimum Gasteiger partial charge on any atom is -0.355 e. The second-order valence-electron chi connectivity index (χ2n) is 6.74. The van der Waals surface area contributed by atoms with Crippen molar-refractivity contribution in [3.8, 4) is 10.6 Å². The second kappa shape index (κ2) is 6.88. The average Bonchev–Trinajstić information content (AvgIpc) is 2.98. The summed E-state index contributed by atoms with van der Waals surface area (Å²) in [7, 11) is 0. The van der Waals surface area contributed by atoms with Crippen LogP contribution in [0.25, 0.3) is 10.6 Å². The number of hydrogen-bond donors (Lipinski definition) is 1. The van der Waals surface area contributed by atoms with E-state index in [9.17, 15) is 9.59 Å².